The van der Waals surface area contributed by atoms with Gasteiger partial charge in [-0.25, -0.2) is 4.39 Å². The summed E-state index contributed by atoms with van der Waals surface area (Å²) in [6.45, 7) is 1.67. The monoisotopic (exact) mass is 277 g/mol. The van der Waals surface area contributed by atoms with Crippen molar-refractivity contribution in [2.24, 2.45) is 11.5 Å². The van der Waals surface area contributed by atoms with Gasteiger partial charge in [0.25, 0.3) is 0 Å². The number of aromatic nitrogens is 1. The maximum Gasteiger partial charge on any atom is 0.417 e. The van der Waals surface area contributed by atoms with Crippen LogP contribution in [0, 0.1) is 5.82 Å². The van der Waals surface area contributed by atoms with Crippen LogP contribution >= 0.6 is 0 Å². The second-order valence-corrected chi connectivity index (χ2v) is 5.29. The van der Waals surface area contributed by atoms with Crippen molar-refractivity contribution in [2.75, 3.05) is 0 Å². The Kier molecular flexibility index (Phi) is 3.10. The van der Waals surface area contributed by atoms with E-state index in [0.29, 0.717) is 31.5 Å². The molecule has 1 aliphatic rings. The molecule has 0 aliphatic heterocycles. The Morgan fingerprint density at radius 3 is 2.32 bits per heavy atom. The largest absolute Gasteiger partial charge is 0.417 e. The number of nitrogens with zero attached hydrogens (tertiary/aromatic N) is 1. The summed E-state index contributed by atoms with van der Waals surface area (Å²) >= 11 is 0. The minimum atomic E-state index is -4.63. The highest BCUT2D eigenvalue weighted by Gasteiger charge is 2.50. The zero-order valence-electron chi connectivity index (χ0n) is 10.4. The Morgan fingerprint density at radius 2 is 1.89 bits per heavy atom. The van der Waals surface area contributed by atoms with Gasteiger partial charge in [-0.05, 0) is 32.3 Å². The highest BCUT2D eigenvalue weighted by molar-refractivity contribution is 5.29. The number of hydrogen-bond donors (Lipinski definition) is 2. The summed E-state index contributed by atoms with van der Waals surface area (Å²) in [6, 6.07) is 0.422. The Balaban J connectivity index is 2.48. The van der Waals surface area contributed by atoms with Crippen molar-refractivity contribution in [1.29, 1.82) is 0 Å². The van der Waals surface area contributed by atoms with Crippen LogP contribution in [0.25, 0.3) is 0 Å². The molecule has 19 heavy (non-hydrogen) atoms. The van der Waals surface area contributed by atoms with Crippen LogP contribution in [0.5, 0.6) is 0 Å². The molecule has 0 aromatic carbocycles. The normalized spacial score (nSPS) is 31.7. The third kappa shape index (κ3) is 2.21. The SMILES string of the molecule is CC1(N)CCCC1(N)c1ncc(C(F)(F)F)cc1F. The highest BCUT2D eigenvalue weighted by Crippen LogP contribution is 2.43. The molecule has 1 heterocycles. The maximum atomic E-state index is 13.9. The van der Waals surface area contributed by atoms with Crippen molar-refractivity contribution in [3.05, 3.63) is 29.3 Å². The van der Waals surface area contributed by atoms with Crippen LogP contribution in [-0.2, 0) is 11.7 Å². The van der Waals surface area contributed by atoms with Crippen LogP contribution in [0.2, 0.25) is 0 Å². The molecule has 0 radical (unpaired) electrons. The van der Waals surface area contributed by atoms with Gasteiger partial charge in [-0.2, -0.15) is 13.2 Å². The molecule has 0 saturated heterocycles. The number of alkyl halides is 3. The van der Waals surface area contributed by atoms with E-state index in [0.717, 1.165) is 0 Å². The maximum absolute atomic E-state index is 13.9. The van der Waals surface area contributed by atoms with Crippen LogP contribution in [0.1, 0.15) is 37.4 Å². The highest BCUT2D eigenvalue weighted by atomic mass is 19.4. The van der Waals surface area contributed by atoms with E-state index >= 15 is 0 Å². The summed E-state index contributed by atoms with van der Waals surface area (Å²) in [5.74, 6) is -1.06. The van der Waals surface area contributed by atoms with Crippen LogP contribution in [0.3, 0.4) is 0 Å². The summed E-state index contributed by atoms with van der Waals surface area (Å²) in [5, 5.41) is 0. The van der Waals surface area contributed by atoms with Gasteiger partial charge in [0, 0.05) is 11.7 Å². The van der Waals surface area contributed by atoms with Gasteiger partial charge < -0.3 is 11.5 Å². The lowest BCUT2D eigenvalue weighted by Gasteiger charge is -2.37. The molecule has 1 aromatic rings. The molecule has 1 aromatic heterocycles. The van der Waals surface area contributed by atoms with E-state index < -0.39 is 28.6 Å². The number of pyridine rings is 1. The van der Waals surface area contributed by atoms with Gasteiger partial charge >= 0.3 is 6.18 Å². The molecule has 2 unspecified atom stereocenters. The molecule has 2 rings (SSSR count). The van der Waals surface area contributed by atoms with Crippen molar-refractivity contribution >= 4 is 0 Å². The van der Waals surface area contributed by atoms with Gasteiger partial charge in [-0.15, -0.1) is 0 Å². The van der Waals surface area contributed by atoms with Crippen molar-refractivity contribution < 1.29 is 17.6 Å². The first-order valence-electron chi connectivity index (χ1n) is 5.89. The zero-order chi connectivity index (χ0) is 14.5. The molecule has 3 nitrogen and oxygen atoms in total. The average molecular weight is 277 g/mol. The molecule has 0 bridgehead atoms. The molecule has 0 spiro atoms. The van der Waals surface area contributed by atoms with Crippen molar-refractivity contribution in [3.63, 3.8) is 0 Å². The second-order valence-electron chi connectivity index (χ2n) is 5.29. The van der Waals surface area contributed by atoms with Gasteiger partial charge in [0.1, 0.15) is 5.82 Å². The molecule has 2 atom stereocenters. The fourth-order valence-corrected chi connectivity index (χ4v) is 2.55. The van der Waals surface area contributed by atoms with Crippen LogP contribution in [-0.4, -0.2) is 10.5 Å². The number of nitrogens with two attached hydrogens (primary N) is 2. The minimum Gasteiger partial charge on any atom is -0.323 e. The van der Waals surface area contributed by atoms with Gasteiger partial charge in [-0.1, -0.05) is 0 Å². The number of hydrogen-bond acceptors (Lipinski definition) is 3. The molecule has 106 valence electrons. The average Bonchev–Trinajstić information content (AvgIpc) is 2.52. The summed E-state index contributed by atoms with van der Waals surface area (Å²) in [4.78, 5) is 3.59. The predicted molar refractivity (Wildman–Crippen MR) is 61.5 cm³/mol. The molecule has 1 saturated carbocycles. The zero-order valence-corrected chi connectivity index (χ0v) is 10.4. The predicted octanol–water partition coefficient (Wildman–Crippen LogP) is 2.29. The summed E-state index contributed by atoms with van der Waals surface area (Å²) < 4.78 is 51.3. The minimum absolute atomic E-state index is 0.192. The molecule has 1 fully saturated rings. The first-order valence-corrected chi connectivity index (χ1v) is 5.89. The van der Waals surface area contributed by atoms with E-state index in [9.17, 15) is 17.6 Å². The number of halogens is 4. The Hall–Kier alpha value is -1.21. The first-order chi connectivity index (χ1) is 8.58. The Morgan fingerprint density at radius 1 is 1.26 bits per heavy atom. The molecule has 7 heteroatoms. The summed E-state index contributed by atoms with van der Waals surface area (Å²) in [6.07, 6.45) is -2.37. The van der Waals surface area contributed by atoms with Crippen LogP contribution in [0.15, 0.2) is 12.3 Å². The third-order valence-electron chi connectivity index (χ3n) is 3.88. The van der Waals surface area contributed by atoms with Crippen molar-refractivity contribution in [2.45, 2.75) is 43.4 Å². The topological polar surface area (TPSA) is 64.9 Å². The quantitative estimate of drug-likeness (QED) is 0.774. The fraction of sp³-hybridized carbons (Fsp3) is 0.583. The van der Waals surface area contributed by atoms with E-state index in [-0.39, 0.29) is 5.69 Å². The van der Waals surface area contributed by atoms with E-state index in [4.69, 9.17) is 11.5 Å². The van der Waals surface area contributed by atoms with Crippen LogP contribution in [0.4, 0.5) is 17.6 Å². The molecule has 4 N–H and O–H groups in total. The fourth-order valence-electron chi connectivity index (χ4n) is 2.55. The molecular weight excluding hydrogens is 262 g/mol. The number of rotatable bonds is 1. The van der Waals surface area contributed by atoms with Gasteiger partial charge in [0.2, 0.25) is 0 Å². The summed E-state index contributed by atoms with van der Waals surface area (Å²) in [7, 11) is 0. The lowest BCUT2D eigenvalue weighted by Crippen LogP contribution is -2.58. The van der Waals surface area contributed by atoms with Gasteiger partial charge in [0.05, 0.1) is 16.8 Å². The van der Waals surface area contributed by atoms with Crippen molar-refractivity contribution in [1.82, 2.24) is 4.98 Å². The standard InChI is InChI=1S/C12H15F4N3/c1-10(17)3-2-4-11(10,18)9-8(13)5-7(6-19-9)12(14,15)16/h5-6H,2-4,17-18H2,1H3. The third-order valence-corrected chi connectivity index (χ3v) is 3.88. The van der Waals surface area contributed by atoms with E-state index in [2.05, 4.69) is 4.98 Å². The van der Waals surface area contributed by atoms with Crippen LogP contribution < -0.4 is 11.5 Å². The van der Waals surface area contributed by atoms with E-state index in [1.54, 1.807) is 6.92 Å². The summed E-state index contributed by atoms with van der Waals surface area (Å²) in [5.41, 5.74) is 8.69. The lowest BCUT2D eigenvalue weighted by molar-refractivity contribution is -0.138. The van der Waals surface area contributed by atoms with E-state index in [1.807, 2.05) is 0 Å². The molecule has 1 aliphatic carbocycles. The van der Waals surface area contributed by atoms with E-state index in [1.165, 1.54) is 0 Å². The van der Waals surface area contributed by atoms with Gasteiger partial charge in [0.15, 0.2) is 0 Å². The van der Waals surface area contributed by atoms with Crippen molar-refractivity contribution in [3.8, 4) is 0 Å². The van der Waals surface area contributed by atoms with Gasteiger partial charge in [-0.3, -0.25) is 4.98 Å². The molecule has 0 amide bonds. The molecular formula is C12H15F4N3. The lowest BCUT2D eigenvalue weighted by atomic mass is 9.79. The Bertz CT molecular complexity index is 498. The first kappa shape index (κ1) is 14.2. The second kappa shape index (κ2) is 4.14. The smallest absolute Gasteiger partial charge is 0.323 e. The Labute approximate surface area is 108 Å².